The van der Waals surface area contributed by atoms with E-state index in [9.17, 15) is 13.2 Å². The highest BCUT2D eigenvalue weighted by molar-refractivity contribution is 5.83. The second kappa shape index (κ2) is 5.01. The standard InChI is InChI=1S/C15H12F3N3O/c1-21-14-11(8-19-21)12(15(16,17)18)7-13(20-14)9-4-3-5-10(6-9)22-2/h3-8H,1-2H3. The minimum Gasteiger partial charge on any atom is -0.497 e. The SMILES string of the molecule is COc1cccc(-c2cc(C(F)(F)F)c3cnn(C)c3n2)c1. The van der Waals surface area contributed by atoms with Gasteiger partial charge in [-0.1, -0.05) is 12.1 Å². The molecule has 0 saturated carbocycles. The zero-order valence-corrected chi connectivity index (χ0v) is 11.8. The number of halogens is 3. The molecule has 1 aromatic carbocycles. The number of aryl methyl sites for hydroxylation is 1. The minimum absolute atomic E-state index is 0.0124. The Morgan fingerprint density at radius 1 is 1.18 bits per heavy atom. The normalized spacial score (nSPS) is 11.9. The summed E-state index contributed by atoms with van der Waals surface area (Å²) in [5, 5.41) is 3.86. The van der Waals surface area contributed by atoms with Crippen LogP contribution < -0.4 is 4.74 Å². The van der Waals surface area contributed by atoms with E-state index in [4.69, 9.17) is 4.74 Å². The van der Waals surface area contributed by atoms with E-state index in [2.05, 4.69) is 10.1 Å². The smallest absolute Gasteiger partial charge is 0.417 e. The summed E-state index contributed by atoms with van der Waals surface area (Å²) in [6.45, 7) is 0. The van der Waals surface area contributed by atoms with Gasteiger partial charge in [0, 0.05) is 12.6 Å². The van der Waals surface area contributed by atoms with Crippen molar-refractivity contribution in [2.75, 3.05) is 7.11 Å². The number of pyridine rings is 1. The minimum atomic E-state index is -4.47. The monoisotopic (exact) mass is 307 g/mol. The number of benzene rings is 1. The Morgan fingerprint density at radius 3 is 2.64 bits per heavy atom. The summed E-state index contributed by atoms with van der Waals surface area (Å²) in [5.74, 6) is 0.554. The molecule has 0 atom stereocenters. The van der Waals surface area contributed by atoms with Gasteiger partial charge >= 0.3 is 6.18 Å². The average Bonchev–Trinajstić information content (AvgIpc) is 2.87. The zero-order chi connectivity index (χ0) is 15.9. The Labute approximate surface area is 124 Å². The van der Waals surface area contributed by atoms with E-state index >= 15 is 0 Å². The van der Waals surface area contributed by atoms with Crippen LogP contribution in [0.3, 0.4) is 0 Å². The van der Waals surface area contributed by atoms with Crippen LogP contribution in [0, 0.1) is 0 Å². The van der Waals surface area contributed by atoms with Gasteiger partial charge in [-0.2, -0.15) is 18.3 Å². The highest BCUT2D eigenvalue weighted by atomic mass is 19.4. The topological polar surface area (TPSA) is 39.9 Å². The molecule has 2 aromatic heterocycles. The lowest BCUT2D eigenvalue weighted by Gasteiger charge is -2.11. The number of hydrogen-bond donors (Lipinski definition) is 0. The lowest BCUT2D eigenvalue weighted by atomic mass is 10.1. The second-order valence-electron chi connectivity index (χ2n) is 4.79. The molecule has 0 amide bonds. The fraction of sp³-hybridized carbons (Fsp3) is 0.200. The summed E-state index contributed by atoms with van der Waals surface area (Å²) in [7, 11) is 3.06. The van der Waals surface area contributed by atoms with E-state index in [1.165, 1.54) is 18.0 Å². The predicted molar refractivity (Wildman–Crippen MR) is 75.5 cm³/mol. The van der Waals surface area contributed by atoms with Crippen LogP contribution in [0.15, 0.2) is 36.5 Å². The van der Waals surface area contributed by atoms with Gasteiger partial charge in [0.15, 0.2) is 5.65 Å². The van der Waals surface area contributed by atoms with E-state index in [0.29, 0.717) is 11.3 Å². The van der Waals surface area contributed by atoms with Crippen molar-refractivity contribution >= 4 is 11.0 Å². The van der Waals surface area contributed by atoms with Gasteiger partial charge in [0.1, 0.15) is 5.75 Å². The lowest BCUT2D eigenvalue weighted by molar-refractivity contribution is -0.136. The highest BCUT2D eigenvalue weighted by Crippen LogP contribution is 2.36. The van der Waals surface area contributed by atoms with Crippen molar-refractivity contribution in [3.63, 3.8) is 0 Å². The van der Waals surface area contributed by atoms with Gasteiger partial charge in [0.25, 0.3) is 0 Å². The fourth-order valence-corrected chi connectivity index (χ4v) is 2.28. The van der Waals surface area contributed by atoms with Crippen LogP contribution in [0.5, 0.6) is 5.75 Å². The number of nitrogens with zero attached hydrogens (tertiary/aromatic N) is 3. The molecule has 0 spiro atoms. The Morgan fingerprint density at radius 2 is 1.95 bits per heavy atom. The summed E-state index contributed by atoms with van der Waals surface area (Å²) < 4.78 is 46.3. The van der Waals surface area contributed by atoms with Gasteiger partial charge in [-0.25, -0.2) is 4.98 Å². The van der Waals surface area contributed by atoms with E-state index in [1.807, 2.05) is 0 Å². The Kier molecular flexibility index (Phi) is 3.27. The third kappa shape index (κ3) is 2.38. The molecule has 0 aliphatic heterocycles. The van der Waals surface area contributed by atoms with Gasteiger partial charge in [0.05, 0.1) is 30.0 Å². The molecule has 0 saturated heterocycles. The van der Waals surface area contributed by atoms with Crippen molar-refractivity contribution < 1.29 is 17.9 Å². The third-order valence-electron chi connectivity index (χ3n) is 3.38. The number of alkyl halides is 3. The molecule has 0 aliphatic carbocycles. The molecule has 4 nitrogen and oxygen atoms in total. The first kappa shape index (κ1) is 14.4. The summed E-state index contributed by atoms with van der Waals surface area (Å²) in [6, 6.07) is 7.80. The molecular weight excluding hydrogens is 295 g/mol. The van der Waals surface area contributed by atoms with Crippen LogP contribution in [0.2, 0.25) is 0 Å². The molecule has 0 unspecified atom stereocenters. The first-order valence-electron chi connectivity index (χ1n) is 6.44. The first-order chi connectivity index (χ1) is 10.4. The molecule has 0 N–H and O–H groups in total. The largest absolute Gasteiger partial charge is 0.497 e. The van der Waals surface area contributed by atoms with Crippen LogP contribution >= 0.6 is 0 Å². The van der Waals surface area contributed by atoms with Crippen molar-refractivity contribution in [3.05, 3.63) is 42.1 Å². The maximum Gasteiger partial charge on any atom is 0.417 e. The van der Waals surface area contributed by atoms with E-state index in [-0.39, 0.29) is 16.7 Å². The molecule has 0 fully saturated rings. The van der Waals surface area contributed by atoms with Crippen molar-refractivity contribution in [2.45, 2.75) is 6.18 Å². The fourth-order valence-electron chi connectivity index (χ4n) is 2.28. The van der Waals surface area contributed by atoms with Crippen molar-refractivity contribution in [3.8, 4) is 17.0 Å². The summed E-state index contributed by atoms with van der Waals surface area (Å²) in [4.78, 5) is 4.30. The quantitative estimate of drug-likeness (QED) is 0.725. The van der Waals surface area contributed by atoms with Crippen LogP contribution in [0.25, 0.3) is 22.3 Å². The molecule has 7 heteroatoms. The Hall–Kier alpha value is -2.57. The van der Waals surface area contributed by atoms with E-state index in [1.54, 1.807) is 31.3 Å². The molecule has 3 aromatic rings. The molecule has 0 bridgehead atoms. The Balaban J connectivity index is 2.28. The van der Waals surface area contributed by atoms with Gasteiger partial charge in [-0.3, -0.25) is 4.68 Å². The van der Waals surface area contributed by atoms with Crippen molar-refractivity contribution in [1.29, 1.82) is 0 Å². The third-order valence-corrected chi connectivity index (χ3v) is 3.38. The molecule has 0 aliphatic rings. The number of fused-ring (bicyclic) bond motifs is 1. The van der Waals surface area contributed by atoms with Crippen LogP contribution in [0.4, 0.5) is 13.2 Å². The number of hydrogen-bond acceptors (Lipinski definition) is 3. The predicted octanol–water partition coefficient (Wildman–Crippen LogP) is 3.66. The zero-order valence-electron chi connectivity index (χ0n) is 11.8. The number of aromatic nitrogens is 3. The number of ether oxygens (including phenoxy) is 1. The summed E-state index contributed by atoms with van der Waals surface area (Å²) in [6.07, 6.45) is -3.29. The van der Waals surface area contributed by atoms with Gasteiger partial charge in [-0.05, 0) is 18.2 Å². The van der Waals surface area contributed by atoms with Crippen molar-refractivity contribution in [2.24, 2.45) is 7.05 Å². The van der Waals surface area contributed by atoms with Crippen LogP contribution in [-0.4, -0.2) is 21.9 Å². The molecule has 2 heterocycles. The average molecular weight is 307 g/mol. The van der Waals surface area contributed by atoms with E-state index in [0.717, 1.165) is 6.07 Å². The number of rotatable bonds is 2. The molecule has 3 rings (SSSR count). The lowest BCUT2D eigenvalue weighted by Crippen LogP contribution is -2.07. The van der Waals surface area contributed by atoms with Gasteiger partial charge < -0.3 is 4.74 Å². The van der Waals surface area contributed by atoms with Crippen LogP contribution in [-0.2, 0) is 13.2 Å². The summed E-state index contributed by atoms with van der Waals surface area (Å²) in [5.41, 5.74) is 0.214. The maximum atomic E-state index is 13.3. The molecule has 0 radical (unpaired) electrons. The Bertz CT molecular complexity index is 840. The van der Waals surface area contributed by atoms with Gasteiger partial charge in [-0.15, -0.1) is 0 Å². The molecule has 22 heavy (non-hydrogen) atoms. The second-order valence-corrected chi connectivity index (χ2v) is 4.79. The molecular formula is C15H12F3N3O. The van der Waals surface area contributed by atoms with Gasteiger partial charge in [0.2, 0.25) is 0 Å². The van der Waals surface area contributed by atoms with E-state index < -0.39 is 11.7 Å². The van der Waals surface area contributed by atoms with Crippen LogP contribution in [0.1, 0.15) is 5.56 Å². The summed E-state index contributed by atoms with van der Waals surface area (Å²) >= 11 is 0. The number of methoxy groups -OCH3 is 1. The van der Waals surface area contributed by atoms with Crippen molar-refractivity contribution in [1.82, 2.24) is 14.8 Å². The first-order valence-corrected chi connectivity index (χ1v) is 6.44. The maximum absolute atomic E-state index is 13.3. The highest BCUT2D eigenvalue weighted by Gasteiger charge is 2.34. The molecule has 114 valence electrons.